The predicted octanol–water partition coefficient (Wildman–Crippen LogP) is 2.57. The molecule has 70 valence electrons. The molecule has 0 aromatic rings. The Balaban J connectivity index is 1.77. The van der Waals surface area contributed by atoms with E-state index >= 15 is 0 Å². The summed E-state index contributed by atoms with van der Waals surface area (Å²) < 4.78 is 0. The van der Waals surface area contributed by atoms with E-state index < -0.39 is 0 Å². The number of nitrogens with one attached hydrogen (secondary N) is 1. The Kier molecular flexibility index (Phi) is 2.40. The first-order chi connectivity index (χ1) is 5.85. The summed E-state index contributed by atoms with van der Waals surface area (Å²) in [4.78, 5) is 0. The van der Waals surface area contributed by atoms with Crippen LogP contribution in [0.5, 0.6) is 0 Å². The Morgan fingerprint density at radius 3 is 2.25 bits per heavy atom. The minimum atomic E-state index is 0.851. The van der Waals surface area contributed by atoms with Crippen molar-refractivity contribution in [2.45, 2.75) is 44.9 Å². The molecule has 2 fully saturated rings. The summed E-state index contributed by atoms with van der Waals surface area (Å²) >= 11 is 0. The third-order valence-corrected chi connectivity index (χ3v) is 4.07. The fraction of sp³-hybridized carbons (Fsp3) is 1.00. The highest BCUT2D eigenvalue weighted by molar-refractivity contribution is 4.91. The molecule has 1 nitrogen and oxygen atoms in total. The van der Waals surface area contributed by atoms with Crippen LogP contribution in [0, 0.1) is 11.3 Å². The van der Waals surface area contributed by atoms with Gasteiger partial charge in [0.25, 0.3) is 0 Å². The maximum Gasteiger partial charge on any atom is -0.00235 e. The molecule has 1 heteroatoms. The summed E-state index contributed by atoms with van der Waals surface area (Å²) in [7, 11) is 2.08. The van der Waals surface area contributed by atoms with Gasteiger partial charge in [-0.1, -0.05) is 6.42 Å². The van der Waals surface area contributed by atoms with E-state index in [1.165, 1.54) is 38.6 Å². The van der Waals surface area contributed by atoms with Crippen LogP contribution >= 0.6 is 0 Å². The molecule has 1 N–H and O–H groups in total. The van der Waals surface area contributed by atoms with Gasteiger partial charge in [-0.05, 0) is 63.5 Å². The lowest BCUT2D eigenvalue weighted by Crippen LogP contribution is -2.35. The van der Waals surface area contributed by atoms with Crippen LogP contribution in [0.4, 0.5) is 0 Å². The first kappa shape index (κ1) is 8.55. The van der Waals surface area contributed by atoms with Crippen molar-refractivity contribution >= 4 is 0 Å². The van der Waals surface area contributed by atoms with Crippen LogP contribution in [-0.2, 0) is 0 Å². The van der Waals surface area contributed by atoms with Crippen LogP contribution in [0.15, 0.2) is 0 Å². The first-order valence-corrected chi connectivity index (χ1v) is 5.49. The van der Waals surface area contributed by atoms with Crippen molar-refractivity contribution in [3.63, 3.8) is 0 Å². The first-order valence-electron chi connectivity index (χ1n) is 5.49. The quantitative estimate of drug-likeness (QED) is 0.666. The van der Waals surface area contributed by atoms with Gasteiger partial charge < -0.3 is 5.32 Å². The largest absolute Gasteiger partial charge is 0.319 e. The van der Waals surface area contributed by atoms with Gasteiger partial charge in [-0.3, -0.25) is 0 Å². The lowest BCUT2D eigenvalue weighted by molar-refractivity contribution is 0.0559. The molecule has 2 saturated carbocycles. The van der Waals surface area contributed by atoms with Gasteiger partial charge in [-0.2, -0.15) is 0 Å². The maximum atomic E-state index is 3.30. The smallest absolute Gasteiger partial charge is 0.00235 e. The minimum Gasteiger partial charge on any atom is -0.319 e. The van der Waals surface area contributed by atoms with Gasteiger partial charge >= 0.3 is 0 Å². The van der Waals surface area contributed by atoms with Crippen molar-refractivity contribution in [2.24, 2.45) is 11.3 Å². The standard InChI is InChI=1S/C11H21N/c1-12-9-10-3-7-11(8-4-10)5-2-6-11/h10,12H,2-9H2,1H3. The fourth-order valence-corrected chi connectivity index (χ4v) is 2.96. The third-order valence-electron chi connectivity index (χ3n) is 4.07. The lowest BCUT2D eigenvalue weighted by Gasteiger charge is -2.47. The zero-order valence-corrected chi connectivity index (χ0v) is 8.23. The van der Waals surface area contributed by atoms with E-state index in [2.05, 4.69) is 12.4 Å². The zero-order chi connectivity index (χ0) is 8.44. The highest BCUT2D eigenvalue weighted by Gasteiger charge is 2.39. The SMILES string of the molecule is CNCC1CCC2(CCC2)CC1. The average Bonchev–Trinajstić information content (AvgIpc) is 2.04. The molecule has 12 heavy (non-hydrogen) atoms. The molecule has 0 heterocycles. The van der Waals surface area contributed by atoms with E-state index in [1.54, 1.807) is 12.8 Å². The van der Waals surface area contributed by atoms with Crippen LogP contribution in [-0.4, -0.2) is 13.6 Å². The maximum absolute atomic E-state index is 3.30. The van der Waals surface area contributed by atoms with Crippen LogP contribution in [0.2, 0.25) is 0 Å². The second-order valence-corrected chi connectivity index (χ2v) is 4.85. The molecule has 2 aliphatic rings. The molecule has 0 radical (unpaired) electrons. The molecular weight excluding hydrogens is 146 g/mol. The Hall–Kier alpha value is -0.0400. The van der Waals surface area contributed by atoms with Crippen molar-refractivity contribution in [2.75, 3.05) is 13.6 Å². The van der Waals surface area contributed by atoms with Crippen molar-refractivity contribution in [1.82, 2.24) is 5.32 Å². The molecule has 1 spiro atoms. The van der Waals surface area contributed by atoms with E-state index in [4.69, 9.17) is 0 Å². The van der Waals surface area contributed by atoms with Crippen LogP contribution in [0.1, 0.15) is 44.9 Å². The molecule has 0 saturated heterocycles. The van der Waals surface area contributed by atoms with Gasteiger partial charge in [0, 0.05) is 0 Å². The van der Waals surface area contributed by atoms with E-state index in [-0.39, 0.29) is 0 Å². The lowest BCUT2D eigenvalue weighted by atomic mass is 9.59. The summed E-state index contributed by atoms with van der Waals surface area (Å²) in [5, 5.41) is 3.30. The fourth-order valence-electron chi connectivity index (χ4n) is 2.96. The minimum absolute atomic E-state index is 0.851. The average molecular weight is 167 g/mol. The van der Waals surface area contributed by atoms with Gasteiger partial charge in [0.1, 0.15) is 0 Å². The molecule has 0 unspecified atom stereocenters. The summed E-state index contributed by atoms with van der Waals surface area (Å²) in [6.07, 6.45) is 10.6. The molecule has 2 aliphatic carbocycles. The number of hydrogen-bond acceptors (Lipinski definition) is 1. The van der Waals surface area contributed by atoms with E-state index in [9.17, 15) is 0 Å². The van der Waals surface area contributed by atoms with Gasteiger partial charge in [0.2, 0.25) is 0 Å². The van der Waals surface area contributed by atoms with E-state index in [0.717, 1.165) is 11.3 Å². The second kappa shape index (κ2) is 3.37. The van der Waals surface area contributed by atoms with Gasteiger partial charge in [-0.25, -0.2) is 0 Å². The van der Waals surface area contributed by atoms with Gasteiger partial charge in [0.05, 0.1) is 0 Å². The van der Waals surface area contributed by atoms with Crippen molar-refractivity contribution in [3.8, 4) is 0 Å². The van der Waals surface area contributed by atoms with Crippen LogP contribution < -0.4 is 5.32 Å². The normalized spacial score (nSPS) is 28.8. The molecule has 0 amide bonds. The van der Waals surface area contributed by atoms with Crippen molar-refractivity contribution in [1.29, 1.82) is 0 Å². The van der Waals surface area contributed by atoms with Crippen LogP contribution in [0.25, 0.3) is 0 Å². The Morgan fingerprint density at radius 1 is 1.17 bits per heavy atom. The molecule has 0 atom stereocenters. The summed E-state index contributed by atoms with van der Waals surface area (Å²) in [6.45, 7) is 1.25. The summed E-state index contributed by atoms with van der Waals surface area (Å²) in [5.41, 5.74) is 0.851. The summed E-state index contributed by atoms with van der Waals surface area (Å²) in [6, 6.07) is 0. The molecule has 0 aromatic heterocycles. The van der Waals surface area contributed by atoms with Crippen LogP contribution in [0.3, 0.4) is 0 Å². The van der Waals surface area contributed by atoms with Gasteiger partial charge in [-0.15, -0.1) is 0 Å². The topological polar surface area (TPSA) is 12.0 Å². The molecule has 0 bridgehead atoms. The highest BCUT2D eigenvalue weighted by Crippen LogP contribution is 2.52. The zero-order valence-electron chi connectivity index (χ0n) is 8.23. The number of rotatable bonds is 2. The van der Waals surface area contributed by atoms with Crippen molar-refractivity contribution < 1.29 is 0 Å². The monoisotopic (exact) mass is 167 g/mol. The Bertz CT molecular complexity index is 139. The highest BCUT2D eigenvalue weighted by atomic mass is 14.8. The molecular formula is C11H21N. The predicted molar refractivity (Wildman–Crippen MR) is 52.2 cm³/mol. The Labute approximate surface area is 75.9 Å². The molecule has 0 aromatic carbocycles. The Morgan fingerprint density at radius 2 is 1.83 bits per heavy atom. The van der Waals surface area contributed by atoms with E-state index in [0.29, 0.717) is 0 Å². The number of hydrogen-bond donors (Lipinski definition) is 1. The third kappa shape index (κ3) is 1.52. The summed E-state index contributed by atoms with van der Waals surface area (Å²) in [5.74, 6) is 0.987. The van der Waals surface area contributed by atoms with E-state index in [1.807, 2.05) is 0 Å². The molecule has 2 rings (SSSR count). The second-order valence-electron chi connectivity index (χ2n) is 4.85. The van der Waals surface area contributed by atoms with Crippen molar-refractivity contribution in [3.05, 3.63) is 0 Å². The van der Waals surface area contributed by atoms with Gasteiger partial charge in [0.15, 0.2) is 0 Å². The molecule has 0 aliphatic heterocycles.